The molecule has 0 aliphatic carbocycles. The molecule has 0 aliphatic heterocycles. The van der Waals surface area contributed by atoms with E-state index in [2.05, 4.69) is 47.8 Å². The minimum absolute atomic E-state index is 0.550. The lowest BCUT2D eigenvalue weighted by atomic mass is 9.77. The first-order valence-electron chi connectivity index (χ1n) is 10.6. The van der Waals surface area contributed by atoms with Gasteiger partial charge < -0.3 is 4.74 Å². The van der Waals surface area contributed by atoms with Gasteiger partial charge in [-0.1, -0.05) is 119 Å². The van der Waals surface area contributed by atoms with Crippen molar-refractivity contribution in [2.75, 3.05) is 7.11 Å². The molecule has 1 atom stereocenters. The molecule has 0 spiro atoms. The third kappa shape index (κ3) is 20.7. The standard InChI is InChI=1S/C13H18O.C9H20.2C2H6/c1-5-8-12(7-3)10-13(9-6-2)11-14-4;1-6-8(3)9(4,5)7-2;2*1-2/h5-9,11H,1,3,10H2,2,4H3;8H,6-7H2,1-5H3;2*1-2H3/b9-6-,12-8+,13-11+;;;. The van der Waals surface area contributed by atoms with Crippen LogP contribution in [0.15, 0.2) is 60.9 Å². The number of hydrogen-bond acceptors (Lipinski definition) is 1. The second-order valence-corrected chi connectivity index (χ2v) is 6.44. The maximum atomic E-state index is 4.98. The predicted molar refractivity (Wildman–Crippen MR) is 129 cm³/mol. The topological polar surface area (TPSA) is 9.23 Å². The molecule has 0 rings (SSSR count). The second kappa shape index (κ2) is 24.5. The Morgan fingerprint density at radius 3 is 1.81 bits per heavy atom. The highest BCUT2D eigenvalue weighted by atomic mass is 16.5. The molecule has 0 aromatic heterocycles. The number of methoxy groups -OCH3 is 1. The Morgan fingerprint density at radius 1 is 1.04 bits per heavy atom. The fourth-order valence-corrected chi connectivity index (χ4v) is 1.99. The summed E-state index contributed by atoms with van der Waals surface area (Å²) in [6.07, 6.45) is 14.7. The molecule has 27 heavy (non-hydrogen) atoms. The van der Waals surface area contributed by atoms with E-state index >= 15 is 0 Å². The van der Waals surface area contributed by atoms with Crippen LogP contribution in [0, 0.1) is 11.3 Å². The first-order valence-corrected chi connectivity index (χ1v) is 10.6. The predicted octanol–water partition coefficient (Wildman–Crippen LogP) is 9.30. The van der Waals surface area contributed by atoms with Crippen LogP contribution in [0.4, 0.5) is 0 Å². The summed E-state index contributed by atoms with van der Waals surface area (Å²) >= 11 is 0. The zero-order valence-corrected chi connectivity index (χ0v) is 20.5. The lowest BCUT2D eigenvalue weighted by Crippen LogP contribution is -2.19. The summed E-state index contributed by atoms with van der Waals surface area (Å²) in [5.41, 5.74) is 2.79. The monoisotopic (exact) mass is 378 g/mol. The zero-order valence-electron chi connectivity index (χ0n) is 20.5. The molecule has 0 saturated heterocycles. The van der Waals surface area contributed by atoms with Gasteiger partial charge in [0.1, 0.15) is 0 Å². The largest absolute Gasteiger partial charge is 0.504 e. The molecule has 160 valence electrons. The fourth-order valence-electron chi connectivity index (χ4n) is 1.99. The molecular formula is C26H50O. The van der Waals surface area contributed by atoms with Crippen LogP contribution >= 0.6 is 0 Å². The minimum Gasteiger partial charge on any atom is -0.504 e. The van der Waals surface area contributed by atoms with Crippen LogP contribution in [0.1, 0.15) is 88.5 Å². The van der Waals surface area contributed by atoms with Crippen LogP contribution < -0.4 is 0 Å². The van der Waals surface area contributed by atoms with E-state index in [0.717, 1.165) is 23.5 Å². The molecule has 0 fully saturated rings. The first-order chi connectivity index (χ1) is 12.8. The smallest absolute Gasteiger partial charge is 0.0859 e. The van der Waals surface area contributed by atoms with Crippen molar-refractivity contribution in [2.24, 2.45) is 11.3 Å². The lowest BCUT2D eigenvalue weighted by Gasteiger charge is -2.29. The van der Waals surface area contributed by atoms with Crippen LogP contribution in [-0.4, -0.2) is 7.11 Å². The van der Waals surface area contributed by atoms with Gasteiger partial charge in [-0.25, -0.2) is 0 Å². The molecule has 0 amide bonds. The molecule has 1 heteroatoms. The quantitative estimate of drug-likeness (QED) is 0.287. The van der Waals surface area contributed by atoms with E-state index in [0.29, 0.717) is 5.41 Å². The average molecular weight is 379 g/mol. The molecule has 1 unspecified atom stereocenters. The summed E-state index contributed by atoms with van der Waals surface area (Å²) < 4.78 is 4.98. The minimum atomic E-state index is 0.550. The van der Waals surface area contributed by atoms with E-state index in [1.54, 1.807) is 19.4 Å². The highest BCUT2D eigenvalue weighted by Gasteiger charge is 2.21. The molecule has 1 nitrogen and oxygen atoms in total. The summed E-state index contributed by atoms with van der Waals surface area (Å²) in [4.78, 5) is 0. The highest BCUT2D eigenvalue weighted by Crippen LogP contribution is 2.31. The van der Waals surface area contributed by atoms with Gasteiger partial charge in [-0.2, -0.15) is 0 Å². The van der Waals surface area contributed by atoms with Crippen LogP contribution in [0.2, 0.25) is 0 Å². The van der Waals surface area contributed by atoms with Crippen LogP contribution in [0.5, 0.6) is 0 Å². The van der Waals surface area contributed by atoms with Gasteiger partial charge in [0.2, 0.25) is 0 Å². The molecule has 0 radical (unpaired) electrons. The number of ether oxygens (including phenoxy) is 1. The maximum absolute atomic E-state index is 4.98. The van der Waals surface area contributed by atoms with Crippen molar-refractivity contribution in [1.29, 1.82) is 0 Å². The Morgan fingerprint density at radius 2 is 1.56 bits per heavy atom. The SMILES string of the molecule is C=C/C=C(\C=C)CC(/C=C\C)=C/OC.CC.CC.CCC(C)C(C)(C)CC. The summed E-state index contributed by atoms with van der Waals surface area (Å²) in [6, 6.07) is 0. The molecule has 0 aromatic carbocycles. The van der Waals surface area contributed by atoms with Crippen molar-refractivity contribution in [3.63, 3.8) is 0 Å². The Bertz CT molecular complexity index is 408. The van der Waals surface area contributed by atoms with E-state index in [1.165, 1.54) is 12.8 Å². The molecule has 0 aromatic rings. The summed E-state index contributed by atoms with van der Waals surface area (Å²) in [6.45, 7) is 28.9. The number of allylic oxidation sites excluding steroid dienone is 7. The van der Waals surface area contributed by atoms with Crippen molar-refractivity contribution in [2.45, 2.75) is 88.5 Å². The Hall–Kier alpha value is -1.50. The molecule has 0 bridgehead atoms. The second-order valence-electron chi connectivity index (χ2n) is 6.44. The van der Waals surface area contributed by atoms with E-state index in [1.807, 2.05) is 58.9 Å². The van der Waals surface area contributed by atoms with Crippen molar-refractivity contribution in [3.8, 4) is 0 Å². The fraction of sp³-hybridized carbons (Fsp3) is 0.615. The van der Waals surface area contributed by atoms with Crippen LogP contribution in [0.25, 0.3) is 0 Å². The van der Waals surface area contributed by atoms with Gasteiger partial charge in [-0.15, -0.1) is 0 Å². The average Bonchev–Trinajstić information content (AvgIpc) is 2.70. The zero-order chi connectivity index (χ0) is 22.3. The van der Waals surface area contributed by atoms with Crippen LogP contribution in [-0.2, 0) is 4.74 Å². The Balaban J connectivity index is -0.000000175. The van der Waals surface area contributed by atoms with Crippen molar-refractivity contribution < 1.29 is 4.74 Å². The van der Waals surface area contributed by atoms with Gasteiger partial charge in [0.05, 0.1) is 13.4 Å². The summed E-state index contributed by atoms with van der Waals surface area (Å²) in [5.74, 6) is 0.863. The third-order valence-corrected chi connectivity index (χ3v) is 4.51. The Labute approximate surface area is 173 Å². The van der Waals surface area contributed by atoms with Gasteiger partial charge >= 0.3 is 0 Å². The van der Waals surface area contributed by atoms with Gasteiger partial charge in [0.25, 0.3) is 0 Å². The van der Waals surface area contributed by atoms with E-state index in [-0.39, 0.29) is 0 Å². The van der Waals surface area contributed by atoms with E-state index < -0.39 is 0 Å². The lowest BCUT2D eigenvalue weighted by molar-refractivity contribution is 0.215. The van der Waals surface area contributed by atoms with Crippen molar-refractivity contribution in [1.82, 2.24) is 0 Å². The van der Waals surface area contributed by atoms with E-state index in [4.69, 9.17) is 4.74 Å². The number of hydrogen-bond donors (Lipinski definition) is 0. The maximum Gasteiger partial charge on any atom is 0.0859 e. The summed E-state index contributed by atoms with van der Waals surface area (Å²) in [5, 5.41) is 0. The van der Waals surface area contributed by atoms with Gasteiger partial charge in [0.15, 0.2) is 0 Å². The van der Waals surface area contributed by atoms with Gasteiger partial charge in [-0.05, 0) is 29.4 Å². The Kier molecular flexibility index (Phi) is 30.0. The van der Waals surface area contributed by atoms with Crippen LogP contribution in [0.3, 0.4) is 0 Å². The molecule has 0 heterocycles. The van der Waals surface area contributed by atoms with Gasteiger partial charge in [-0.3, -0.25) is 0 Å². The third-order valence-electron chi connectivity index (χ3n) is 4.51. The normalized spacial score (nSPS) is 12.4. The highest BCUT2D eigenvalue weighted by molar-refractivity contribution is 5.31. The first kappa shape index (κ1) is 33.1. The van der Waals surface area contributed by atoms with E-state index in [9.17, 15) is 0 Å². The summed E-state index contributed by atoms with van der Waals surface area (Å²) in [7, 11) is 1.65. The number of rotatable bonds is 9. The van der Waals surface area contributed by atoms with Crippen molar-refractivity contribution >= 4 is 0 Å². The molecular weight excluding hydrogens is 328 g/mol. The van der Waals surface area contributed by atoms with Crippen molar-refractivity contribution in [3.05, 3.63) is 60.9 Å². The molecule has 0 aliphatic rings. The molecule has 0 saturated carbocycles. The van der Waals surface area contributed by atoms with Gasteiger partial charge in [0, 0.05) is 6.42 Å². The molecule has 0 N–H and O–H groups in total.